The Hall–Kier alpha value is -3.35. The molecule has 138 valence electrons. The van der Waals surface area contributed by atoms with Gasteiger partial charge < -0.3 is 14.4 Å². The van der Waals surface area contributed by atoms with Crippen LogP contribution in [0.25, 0.3) is 0 Å². The second kappa shape index (κ2) is 7.90. The third kappa shape index (κ3) is 4.25. The van der Waals surface area contributed by atoms with Crippen LogP contribution in [0.3, 0.4) is 0 Å². The number of hydrogen-bond acceptors (Lipinski definition) is 5. The number of nitrogens with zero attached hydrogens (tertiary/aromatic N) is 4. The Kier molecular flexibility index (Phi) is 5.00. The van der Waals surface area contributed by atoms with Crippen molar-refractivity contribution >= 4 is 5.91 Å². The van der Waals surface area contributed by atoms with Crippen LogP contribution in [-0.2, 0) is 11.4 Å². The normalized spacial score (nSPS) is 13.9. The summed E-state index contributed by atoms with van der Waals surface area (Å²) in [6.07, 6.45) is 1.87. The van der Waals surface area contributed by atoms with E-state index in [1.807, 2.05) is 66.9 Å². The predicted octanol–water partition coefficient (Wildman–Crippen LogP) is 2.32. The highest BCUT2D eigenvalue weighted by Crippen LogP contribution is 2.21. The molecule has 2 aromatic carbocycles. The molecular formula is C20H20N4O3. The van der Waals surface area contributed by atoms with E-state index in [9.17, 15) is 4.79 Å². The fraction of sp³-hybridized carbons (Fsp3) is 0.250. The van der Waals surface area contributed by atoms with Crippen molar-refractivity contribution in [3.05, 3.63) is 72.6 Å². The van der Waals surface area contributed by atoms with Crippen LogP contribution in [0.5, 0.6) is 11.5 Å². The summed E-state index contributed by atoms with van der Waals surface area (Å²) < 4.78 is 13.0. The van der Waals surface area contributed by atoms with Gasteiger partial charge in [0.15, 0.2) is 6.61 Å². The van der Waals surface area contributed by atoms with Gasteiger partial charge in [-0.3, -0.25) is 4.79 Å². The van der Waals surface area contributed by atoms with Crippen molar-refractivity contribution in [2.45, 2.75) is 12.6 Å². The number of carbonyl (C=O) groups excluding carboxylic acids is 1. The summed E-state index contributed by atoms with van der Waals surface area (Å²) in [5.74, 6) is 1.47. The maximum Gasteiger partial charge on any atom is 0.260 e. The summed E-state index contributed by atoms with van der Waals surface area (Å²) >= 11 is 0. The molecule has 0 unspecified atom stereocenters. The lowest BCUT2D eigenvalue weighted by atomic mass is 10.1. The fourth-order valence-electron chi connectivity index (χ4n) is 2.81. The number of benzene rings is 2. The third-order valence-electron chi connectivity index (χ3n) is 4.38. The minimum atomic E-state index is -0.0251. The van der Waals surface area contributed by atoms with E-state index in [0.29, 0.717) is 25.4 Å². The Morgan fingerprint density at radius 3 is 2.26 bits per heavy atom. The molecule has 1 aliphatic rings. The maximum absolute atomic E-state index is 12.2. The van der Waals surface area contributed by atoms with Crippen molar-refractivity contribution in [2.24, 2.45) is 0 Å². The number of carbonyl (C=O) groups is 1. The zero-order chi connectivity index (χ0) is 18.5. The molecule has 0 radical (unpaired) electrons. The molecule has 0 saturated carbocycles. The van der Waals surface area contributed by atoms with Gasteiger partial charge in [-0.1, -0.05) is 41.6 Å². The minimum absolute atomic E-state index is 0.0251. The molecule has 7 nitrogen and oxygen atoms in total. The maximum atomic E-state index is 12.2. The lowest BCUT2D eigenvalue weighted by molar-refractivity contribution is -0.139. The first-order valence-electron chi connectivity index (χ1n) is 8.82. The largest absolute Gasteiger partial charge is 0.487 e. The number of para-hydroxylation sites is 2. The summed E-state index contributed by atoms with van der Waals surface area (Å²) in [6.45, 7) is 1.63. The van der Waals surface area contributed by atoms with Gasteiger partial charge in [0.2, 0.25) is 0 Å². The molecule has 27 heavy (non-hydrogen) atoms. The van der Waals surface area contributed by atoms with E-state index in [1.165, 1.54) is 0 Å². The van der Waals surface area contributed by atoms with Crippen LogP contribution in [0.15, 0.2) is 66.9 Å². The highest BCUT2D eigenvalue weighted by atomic mass is 16.5. The smallest absolute Gasteiger partial charge is 0.260 e. The second-order valence-corrected chi connectivity index (χ2v) is 6.35. The van der Waals surface area contributed by atoms with E-state index in [1.54, 1.807) is 9.58 Å². The molecule has 1 fully saturated rings. The van der Waals surface area contributed by atoms with E-state index in [0.717, 1.165) is 11.4 Å². The predicted molar refractivity (Wildman–Crippen MR) is 98.4 cm³/mol. The number of likely N-dealkylation sites (tertiary alicyclic amines) is 1. The minimum Gasteiger partial charge on any atom is -0.487 e. The van der Waals surface area contributed by atoms with Gasteiger partial charge in [0.05, 0.1) is 12.2 Å². The van der Waals surface area contributed by atoms with Crippen LogP contribution in [0, 0.1) is 0 Å². The molecule has 2 heterocycles. The molecule has 7 heteroatoms. The topological polar surface area (TPSA) is 69.5 Å². The van der Waals surface area contributed by atoms with Crippen LogP contribution >= 0.6 is 0 Å². The van der Waals surface area contributed by atoms with Gasteiger partial charge in [-0.25, -0.2) is 4.68 Å². The van der Waals surface area contributed by atoms with Crippen molar-refractivity contribution < 1.29 is 14.3 Å². The van der Waals surface area contributed by atoms with Crippen molar-refractivity contribution in [3.8, 4) is 11.5 Å². The number of hydrogen-bond donors (Lipinski definition) is 0. The molecule has 0 bridgehead atoms. The SMILES string of the molecule is O=C(COc1ccccc1)N1CC(n2cc(COc3ccccc3)nn2)C1. The van der Waals surface area contributed by atoms with Gasteiger partial charge in [-0.15, -0.1) is 5.10 Å². The summed E-state index contributed by atoms with van der Waals surface area (Å²) in [7, 11) is 0. The third-order valence-corrected chi connectivity index (χ3v) is 4.38. The Balaban J connectivity index is 1.22. The summed E-state index contributed by atoms with van der Waals surface area (Å²) in [6, 6.07) is 19.1. The van der Waals surface area contributed by atoms with Crippen LogP contribution in [0.1, 0.15) is 11.7 Å². The Morgan fingerprint density at radius 2 is 1.59 bits per heavy atom. The van der Waals surface area contributed by atoms with Crippen LogP contribution < -0.4 is 9.47 Å². The molecular weight excluding hydrogens is 344 g/mol. The van der Waals surface area contributed by atoms with Gasteiger partial charge >= 0.3 is 0 Å². The van der Waals surface area contributed by atoms with Gasteiger partial charge in [-0.2, -0.15) is 0 Å². The van der Waals surface area contributed by atoms with Crippen LogP contribution in [-0.4, -0.2) is 45.5 Å². The molecule has 0 atom stereocenters. The summed E-state index contributed by atoms with van der Waals surface area (Å²) in [4.78, 5) is 13.9. The zero-order valence-corrected chi connectivity index (χ0v) is 14.8. The quantitative estimate of drug-likeness (QED) is 0.644. The molecule has 0 aliphatic carbocycles. The number of rotatable bonds is 7. The first kappa shape index (κ1) is 17.1. The lowest BCUT2D eigenvalue weighted by Crippen LogP contribution is -2.52. The number of ether oxygens (including phenoxy) is 2. The van der Waals surface area contributed by atoms with Crippen molar-refractivity contribution in [1.82, 2.24) is 19.9 Å². The monoisotopic (exact) mass is 364 g/mol. The van der Waals surface area contributed by atoms with Gasteiger partial charge in [0.25, 0.3) is 5.91 Å². The highest BCUT2D eigenvalue weighted by Gasteiger charge is 2.32. The van der Waals surface area contributed by atoms with E-state index in [4.69, 9.17) is 9.47 Å². The first-order valence-corrected chi connectivity index (χ1v) is 8.82. The van der Waals surface area contributed by atoms with E-state index in [2.05, 4.69) is 10.3 Å². The molecule has 0 N–H and O–H groups in total. The molecule has 1 amide bonds. The molecule has 3 aromatic rings. The molecule has 0 spiro atoms. The molecule has 4 rings (SSSR count). The second-order valence-electron chi connectivity index (χ2n) is 6.35. The van der Waals surface area contributed by atoms with Crippen molar-refractivity contribution in [1.29, 1.82) is 0 Å². The van der Waals surface area contributed by atoms with E-state index < -0.39 is 0 Å². The molecule has 1 aromatic heterocycles. The van der Waals surface area contributed by atoms with Crippen LogP contribution in [0.4, 0.5) is 0 Å². The summed E-state index contributed by atoms with van der Waals surface area (Å²) in [5, 5.41) is 8.30. The fourth-order valence-corrected chi connectivity index (χ4v) is 2.81. The van der Waals surface area contributed by atoms with Gasteiger partial charge in [0, 0.05) is 13.1 Å². The van der Waals surface area contributed by atoms with Crippen molar-refractivity contribution in [2.75, 3.05) is 19.7 Å². The van der Waals surface area contributed by atoms with Crippen LogP contribution in [0.2, 0.25) is 0 Å². The summed E-state index contributed by atoms with van der Waals surface area (Å²) in [5.41, 5.74) is 0.760. The molecule has 1 aliphatic heterocycles. The zero-order valence-electron chi connectivity index (χ0n) is 14.8. The average molecular weight is 364 g/mol. The number of aromatic nitrogens is 3. The van der Waals surface area contributed by atoms with E-state index >= 15 is 0 Å². The lowest BCUT2D eigenvalue weighted by Gasteiger charge is -2.38. The molecule has 1 saturated heterocycles. The van der Waals surface area contributed by atoms with Crippen molar-refractivity contribution in [3.63, 3.8) is 0 Å². The Labute approximate surface area is 157 Å². The Morgan fingerprint density at radius 1 is 0.963 bits per heavy atom. The van der Waals surface area contributed by atoms with E-state index in [-0.39, 0.29) is 18.6 Å². The average Bonchev–Trinajstić information content (AvgIpc) is 3.14. The highest BCUT2D eigenvalue weighted by molar-refractivity contribution is 5.78. The van der Waals surface area contributed by atoms with Gasteiger partial charge in [0.1, 0.15) is 23.8 Å². The van der Waals surface area contributed by atoms with Gasteiger partial charge in [-0.05, 0) is 24.3 Å². The Bertz CT molecular complexity index is 877. The number of amides is 1. The standard InChI is InChI=1S/C20H20N4O3/c25-20(15-27-19-9-5-2-6-10-19)23-12-17(13-23)24-11-16(21-22-24)14-26-18-7-3-1-4-8-18/h1-11,17H,12-15H2. The first-order chi connectivity index (χ1) is 13.3.